The minimum Gasteiger partial charge on any atom is -0.390 e. The summed E-state index contributed by atoms with van der Waals surface area (Å²) in [5.41, 5.74) is 0.183. The number of hydrogen-bond acceptors (Lipinski definition) is 3. The quantitative estimate of drug-likeness (QED) is 0.895. The van der Waals surface area contributed by atoms with Gasteiger partial charge in [0.05, 0.1) is 23.3 Å². The Bertz CT molecular complexity index is 490. The maximum atomic E-state index is 13.2. The van der Waals surface area contributed by atoms with Gasteiger partial charge in [-0.25, -0.2) is 4.39 Å². The summed E-state index contributed by atoms with van der Waals surface area (Å²) in [6.45, 7) is 1.28. The lowest BCUT2D eigenvalue weighted by molar-refractivity contribution is -0.202. The second-order valence-electron chi connectivity index (χ2n) is 5.76. The molecule has 0 aromatic heterocycles. The highest BCUT2D eigenvalue weighted by Gasteiger charge is 2.45. The maximum absolute atomic E-state index is 13.2. The van der Waals surface area contributed by atoms with Crippen LogP contribution in [0.2, 0.25) is 0 Å². The summed E-state index contributed by atoms with van der Waals surface area (Å²) in [6, 6.07) is 4.89. The lowest BCUT2D eigenvalue weighted by atomic mass is 9.78. The molecule has 110 valence electrons. The van der Waals surface area contributed by atoms with Gasteiger partial charge in [0.2, 0.25) is 0 Å². The topological polar surface area (TPSA) is 38.7 Å². The van der Waals surface area contributed by atoms with Gasteiger partial charge in [-0.3, -0.25) is 0 Å². The molecule has 1 aromatic carbocycles. The van der Waals surface area contributed by atoms with Crippen LogP contribution in [0.25, 0.3) is 0 Å². The van der Waals surface area contributed by atoms with Crippen molar-refractivity contribution < 1.29 is 19.0 Å². The van der Waals surface area contributed by atoms with Crippen molar-refractivity contribution in [3.63, 3.8) is 0 Å². The SMILES string of the molecule is OC1(Cc2ccc(F)c(Br)c2)CCC2(CC1)OCCO2. The summed E-state index contributed by atoms with van der Waals surface area (Å²) in [4.78, 5) is 0. The van der Waals surface area contributed by atoms with Crippen molar-refractivity contribution in [3.8, 4) is 0 Å². The highest BCUT2D eigenvalue weighted by atomic mass is 79.9. The summed E-state index contributed by atoms with van der Waals surface area (Å²) < 4.78 is 25.0. The van der Waals surface area contributed by atoms with Crippen molar-refractivity contribution in [2.24, 2.45) is 0 Å². The maximum Gasteiger partial charge on any atom is 0.168 e. The van der Waals surface area contributed by atoms with Gasteiger partial charge >= 0.3 is 0 Å². The molecule has 3 nitrogen and oxygen atoms in total. The van der Waals surface area contributed by atoms with E-state index >= 15 is 0 Å². The second-order valence-corrected chi connectivity index (χ2v) is 6.61. The van der Waals surface area contributed by atoms with E-state index in [9.17, 15) is 9.50 Å². The molecule has 20 heavy (non-hydrogen) atoms. The number of rotatable bonds is 2. The second kappa shape index (κ2) is 5.37. The van der Waals surface area contributed by atoms with Crippen LogP contribution in [0.4, 0.5) is 4.39 Å². The third-order valence-corrected chi connectivity index (χ3v) is 4.88. The van der Waals surface area contributed by atoms with E-state index in [1.165, 1.54) is 6.07 Å². The Balaban J connectivity index is 1.66. The molecule has 5 heteroatoms. The van der Waals surface area contributed by atoms with Crippen molar-refractivity contribution in [2.45, 2.75) is 43.5 Å². The molecule has 1 heterocycles. The first-order valence-electron chi connectivity index (χ1n) is 6.95. The van der Waals surface area contributed by atoms with Gasteiger partial charge < -0.3 is 14.6 Å². The molecule has 1 aliphatic carbocycles. The van der Waals surface area contributed by atoms with Crippen LogP contribution in [0, 0.1) is 5.82 Å². The average molecular weight is 345 g/mol. The molecular formula is C15H18BrFO3. The van der Waals surface area contributed by atoms with Gasteiger partial charge in [0.15, 0.2) is 5.79 Å². The molecule has 0 bridgehead atoms. The van der Waals surface area contributed by atoms with Crippen molar-refractivity contribution in [3.05, 3.63) is 34.1 Å². The molecule has 0 atom stereocenters. The fraction of sp³-hybridized carbons (Fsp3) is 0.600. The largest absolute Gasteiger partial charge is 0.390 e. The summed E-state index contributed by atoms with van der Waals surface area (Å²) in [7, 11) is 0. The first-order valence-corrected chi connectivity index (χ1v) is 7.74. The van der Waals surface area contributed by atoms with Gasteiger partial charge in [-0.15, -0.1) is 0 Å². The van der Waals surface area contributed by atoms with Gasteiger partial charge in [-0.2, -0.15) is 0 Å². The van der Waals surface area contributed by atoms with E-state index in [1.807, 2.05) is 0 Å². The molecule has 1 aromatic rings. The lowest BCUT2D eigenvalue weighted by Gasteiger charge is -2.40. The van der Waals surface area contributed by atoms with E-state index in [2.05, 4.69) is 15.9 Å². The highest BCUT2D eigenvalue weighted by Crippen LogP contribution is 2.41. The summed E-state index contributed by atoms with van der Waals surface area (Å²) >= 11 is 3.18. The van der Waals surface area contributed by atoms with Gasteiger partial charge in [0, 0.05) is 19.3 Å². The van der Waals surface area contributed by atoms with E-state index in [-0.39, 0.29) is 5.82 Å². The van der Waals surface area contributed by atoms with E-state index in [1.54, 1.807) is 12.1 Å². The van der Waals surface area contributed by atoms with Crippen LogP contribution in [0.5, 0.6) is 0 Å². The first kappa shape index (κ1) is 14.4. The van der Waals surface area contributed by atoms with Crippen LogP contribution >= 0.6 is 15.9 Å². The van der Waals surface area contributed by atoms with Crippen molar-refractivity contribution in [1.82, 2.24) is 0 Å². The standard InChI is InChI=1S/C15H18BrFO3/c16-12-9-11(1-2-13(12)17)10-14(18)3-5-15(6-4-14)19-7-8-20-15/h1-2,9,18H,3-8,10H2. The Morgan fingerprint density at radius 2 is 1.80 bits per heavy atom. The van der Waals surface area contributed by atoms with Crippen molar-refractivity contribution in [1.29, 1.82) is 0 Å². The predicted molar refractivity (Wildman–Crippen MR) is 75.9 cm³/mol. The predicted octanol–water partition coefficient (Wildman–Crippen LogP) is 3.18. The molecular weight excluding hydrogens is 327 g/mol. The van der Waals surface area contributed by atoms with Crippen LogP contribution in [0.1, 0.15) is 31.2 Å². The summed E-state index contributed by atoms with van der Waals surface area (Å²) in [6.07, 6.45) is 3.24. The zero-order valence-corrected chi connectivity index (χ0v) is 12.8. The number of hydrogen-bond donors (Lipinski definition) is 1. The molecule has 1 saturated heterocycles. The summed E-state index contributed by atoms with van der Waals surface area (Å²) in [5.74, 6) is -0.744. The minimum atomic E-state index is -0.752. The smallest absolute Gasteiger partial charge is 0.168 e. The Hall–Kier alpha value is -0.490. The molecule has 1 spiro atoms. The van der Waals surface area contributed by atoms with E-state index in [4.69, 9.17) is 9.47 Å². The third-order valence-electron chi connectivity index (χ3n) is 4.27. The highest BCUT2D eigenvalue weighted by molar-refractivity contribution is 9.10. The molecule has 1 saturated carbocycles. The molecule has 1 aliphatic heterocycles. The average Bonchev–Trinajstić information content (AvgIpc) is 2.87. The van der Waals surface area contributed by atoms with Crippen LogP contribution in [-0.2, 0) is 15.9 Å². The van der Waals surface area contributed by atoms with Crippen molar-refractivity contribution in [2.75, 3.05) is 13.2 Å². The third kappa shape index (κ3) is 2.91. The van der Waals surface area contributed by atoms with Crippen molar-refractivity contribution >= 4 is 15.9 Å². The first-order chi connectivity index (χ1) is 9.50. The molecule has 2 fully saturated rings. The van der Waals surface area contributed by atoms with Gasteiger partial charge in [-0.05, 0) is 46.5 Å². The van der Waals surface area contributed by atoms with Crippen LogP contribution < -0.4 is 0 Å². The molecule has 0 unspecified atom stereocenters. The van der Waals surface area contributed by atoms with Gasteiger partial charge in [0.25, 0.3) is 0 Å². The van der Waals surface area contributed by atoms with E-state index in [0.29, 0.717) is 49.8 Å². The monoisotopic (exact) mass is 344 g/mol. The van der Waals surface area contributed by atoms with Crippen LogP contribution in [0.3, 0.4) is 0 Å². The molecule has 0 amide bonds. The summed E-state index contributed by atoms with van der Waals surface area (Å²) in [5, 5.41) is 10.7. The lowest BCUT2D eigenvalue weighted by Crippen LogP contribution is -2.44. The Morgan fingerprint density at radius 3 is 2.40 bits per heavy atom. The Labute approximate surface area is 126 Å². The van der Waals surface area contributed by atoms with E-state index < -0.39 is 11.4 Å². The van der Waals surface area contributed by atoms with Gasteiger partial charge in [-0.1, -0.05) is 6.07 Å². The number of ether oxygens (including phenoxy) is 2. The Kier molecular flexibility index (Phi) is 3.88. The fourth-order valence-corrected chi connectivity index (χ4v) is 3.51. The molecule has 2 aliphatic rings. The normalized spacial score (nSPS) is 24.1. The zero-order valence-electron chi connectivity index (χ0n) is 11.2. The molecule has 3 rings (SSSR count). The molecule has 0 radical (unpaired) electrons. The number of aliphatic hydroxyl groups is 1. The van der Waals surface area contributed by atoms with Crippen LogP contribution in [-0.4, -0.2) is 29.7 Å². The molecule has 1 N–H and O–H groups in total. The fourth-order valence-electron chi connectivity index (χ4n) is 3.09. The van der Waals surface area contributed by atoms with Crippen LogP contribution in [0.15, 0.2) is 22.7 Å². The number of halogens is 2. The van der Waals surface area contributed by atoms with Gasteiger partial charge in [0.1, 0.15) is 5.82 Å². The Morgan fingerprint density at radius 1 is 1.15 bits per heavy atom. The zero-order chi connectivity index (χ0) is 14.2. The van der Waals surface area contributed by atoms with E-state index in [0.717, 1.165) is 5.56 Å². The minimum absolute atomic E-state index is 0.281. The number of benzene rings is 1.